The van der Waals surface area contributed by atoms with Gasteiger partial charge >= 0.3 is 0 Å². The van der Waals surface area contributed by atoms with Gasteiger partial charge in [0.05, 0.1) is 34.5 Å². The Balaban J connectivity index is 1.45. The minimum Gasteiger partial charge on any atom is -0.507 e. The number of nitrogens with one attached hydrogen (secondary N) is 1. The minimum atomic E-state index is -0.817. The maximum absolute atomic E-state index is 13.5. The predicted octanol–water partition coefficient (Wildman–Crippen LogP) is 2.75. The third kappa shape index (κ3) is 3.75. The summed E-state index contributed by atoms with van der Waals surface area (Å²) in [6.07, 6.45) is 10.1. The Bertz CT molecular complexity index is 1100. The van der Waals surface area contributed by atoms with E-state index in [1.54, 1.807) is 5.01 Å². The van der Waals surface area contributed by atoms with Crippen LogP contribution in [0.1, 0.15) is 91.9 Å². The van der Waals surface area contributed by atoms with Crippen molar-refractivity contribution in [1.82, 2.24) is 10.0 Å². The summed E-state index contributed by atoms with van der Waals surface area (Å²) in [5.41, 5.74) is 1.61. The van der Waals surface area contributed by atoms with Gasteiger partial charge in [-0.3, -0.25) is 14.4 Å². The molecule has 194 valence electrons. The van der Waals surface area contributed by atoms with Gasteiger partial charge in [-0.25, -0.2) is 5.01 Å². The second kappa shape index (κ2) is 9.60. The highest BCUT2D eigenvalue weighted by atomic mass is 16.3. The Labute approximate surface area is 213 Å². The molecule has 0 aromatic heterocycles. The van der Waals surface area contributed by atoms with Crippen LogP contribution in [0.2, 0.25) is 0 Å². The van der Waals surface area contributed by atoms with Crippen molar-refractivity contribution in [3.8, 4) is 0 Å². The normalized spacial score (nSPS) is 29.4. The summed E-state index contributed by atoms with van der Waals surface area (Å²) in [6, 6.07) is -0.0325. The smallest absolute Gasteiger partial charge is 0.295 e. The fourth-order valence-corrected chi connectivity index (χ4v) is 6.90. The molecule has 5 aliphatic rings. The first-order valence-corrected chi connectivity index (χ1v) is 13.9. The van der Waals surface area contributed by atoms with E-state index in [0.717, 1.165) is 44.2 Å². The van der Waals surface area contributed by atoms with Crippen molar-refractivity contribution in [1.29, 1.82) is 0 Å². The second-order valence-corrected chi connectivity index (χ2v) is 11.1. The molecule has 3 aliphatic carbocycles. The Morgan fingerprint density at radius 3 is 2.03 bits per heavy atom. The molecule has 0 saturated heterocycles. The van der Waals surface area contributed by atoms with E-state index in [9.17, 15) is 19.5 Å². The average molecular weight is 496 g/mol. The Kier molecular flexibility index (Phi) is 6.64. The topological polar surface area (TPSA) is 104 Å². The Morgan fingerprint density at radius 1 is 0.917 bits per heavy atom. The first-order valence-electron chi connectivity index (χ1n) is 13.9. The number of Topliss-reactive ketones (excluding diaryl/α,β-unsaturated/α-hetero) is 1. The number of nitrogens with zero attached hydrogens (tertiary/aromatic N) is 3. The van der Waals surface area contributed by atoms with Crippen LogP contribution < -0.4 is 5.10 Å². The van der Waals surface area contributed by atoms with Gasteiger partial charge in [0.2, 0.25) is 0 Å². The van der Waals surface area contributed by atoms with Gasteiger partial charge in [0.15, 0.2) is 17.4 Å². The zero-order valence-electron chi connectivity index (χ0n) is 22.0. The lowest BCUT2D eigenvalue weighted by molar-refractivity contribution is -0.627. The van der Waals surface area contributed by atoms with Crippen molar-refractivity contribution in [2.24, 2.45) is 22.9 Å². The van der Waals surface area contributed by atoms with Crippen LogP contribution in [-0.2, 0) is 14.4 Å². The van der Waals surface area contributed by atoms with E-state index >= 15 is 0 Å². The number of aliphatic hydroxyl groups is 1. The van der Waals surface area contributed by atoms with Crippen LogP contribution in [0.15, 0.2) is 27.6 Å². The number of aliphatic hydroxyl groups excluding tert-OH is 1. The Morgan fingerprint density at radius 2 is 1.50 bits per heavy atom. The van der Waals surface area contributed by atoms with Gasteiger partial charge in [-0.1, -0.05) is 39.5 Å². The highest BCUT2D eigenvalue weighted by molar-refractivity contribution is 6.35. The van der Waals surface area contributed by atoms with Crippen molar-refractivity contribution in [2.75, 3.05) is 0 Å². The number of hydrazine groups is 1. The van der Waals surface area contributed by atoms with Gasteiger partial charge in [-0.05, 0) is 57.8 Å². The van der Waals surface area contributed by atoms with Crippen molar-refractivity contribution < 1.29 is 24.6 Å². The fraction of sp³-hybridized carbons (Fsp3) is 0.679. The molecule has 0 aromatic rings. The summed E-state index contributed by atoms with van der Waals surface area (Å²) in [4.78, 5) is 40.5. The number of ketones is 1. The zero-order chi connectivity index (χ0) is 25.7. The highest BCUT2D eigenvalue weighted by Gasteiger charge is 2.55. The lowest BCUT2D eigenvalue weighted by Crippen LogP contribution is -2.83. The lowest BCUT2D eigenvalue weighted by Gasteiger charge is -2.28. The number of rotatable bonds is 7. The molecule has 2 heterocycles. The highest BCUT2D eigenvalue weighted by Crippen LogP contribution is 2.41. The van der Waals surface area contributed by atoms with Crippen LogP contribution >= 0.6 is 0 Å². The third-order valence-electron chi connectivity index (χ3n) is 9.21. The number of hydrogen-bond acceptors (Lipinski definition) is 5. The molecule has 5 rings (SSSR count). The lowest BCUT2D eigenvalue weighted by atomic mass is 9.74. The monoisotopic (exact) mass is 495 g/mol. The van der Waals surface area contributed by atoms with Crippen molar-refractivity contribution in [3.63, 3.8) is 0 Å². The number of hydrazone groups is 2. The number of allylic oxidation sites excluding steroid dienone is 1. The van der Waals surface area contributed by atoms with Gasteiger partial charge in [-0.2, -0.15) is 5.10 Å². The number of hydrogen-bond donors (Lipinski definition) is 2. The standard InChI is InChI=1S/C28H38N4O4/c1-5-19-21(27(35)31(29-19)15(3)17-11-7-8-12-17)23-25(33)24(26(23)34)22-20(6-2)30-32(28(22)36)16(4)18-13-9-10-14-18/h15-18,21,33H,5-14H2,1-4H3/p+1/b24-22-. The summed E-state index contributed by atoms with van der Waals surface area (Å²) in [5.74, 6) is -1.12. The summed E-state index contributed by atoms with van der Waals surface area (Å²) in [6.45, 7) is 7.92. The molecule has 2 amide bonds. The molecule has 0 bridgehead atoms. The number of carbonyl (C=O) groups excluding carboxylic acids is 3. The Hall–Kier alpha value is -2.77. The van der Waals surface area contributed by atoms with Crippen molar-refractivity contribution in [2.45, 2.75) is 104 Å². The quantitative estimate of drug-likeness (QED) is 0.530. The average Bonchev–Trinajstić information content (AvgIpc) is 3.68. The molecule has 3 atom stereocenters. The molecule has 0 spiro atoms. The molecule has 2 aliphatic heterocycles. The predicted molar refractivity (Wildman–Crippen MR) is 136 cm³/mol. The largest absolute Gasteiger partial charge is 0.507 e. The van der Waals surface area contributed by atoms with Gasteiger partial charge in [0.25, 0.3) is 11.8 Å². The van der Waals surface area contributed by atoms with E-state index in [4.69, 9.17) is 0 Å². The van der Waals surface area contributed by atoms with E-state index in [1.165, 1.54) is 17.9 Å². The van der Waals surface area contributed by atoms with Crippen LogP contribution in [0.25, 0.3) is 0 Å². The summed E-state index contributed by atoms with van der Waals surface area (Å²) in [7, 11) is 0. The maximum Gasteiger partial charge on any atom is 0.295 e. The first kappa shape index (κ1) is 24.9. The molecule has 0 aromatic carbocycles. The maximum atomic E-state index is 13.5. The van der Waals surface area contributed by atoms with Gasteiger partial charge in [-0.15, -0.1) is 10.1 Å². The van der Waals surface area contributed by atoms with Crippen LogP contribution in [-0.4, -0.2) is 56.2 Å². The number of amides is 2. The van der Waals surface area contributed by atoms with Crippen LogP contribution in [0.3, 0.4) is 0 Å². The molecule has 2 saturated carbocycles. The molecule has 2 N–H and O–H groups in total. The second-order valence-electron chi connectivity index (χ2n) is 11.1. The molecule has 8 heteroatoms. The van der Waals surface area contributed by atoms with E-state index in [2.05, 4.69) is 17.1 Å². The zero-order valence-corrected chi connectivity index (χ0v) is 22.0. The molecular weight excluding hydrogens is 456 g/mol. The molecule has 3 unspecified atom stereocenters. The fourth-order valence-electron chi connectivity index (χ4n) is 6.90. The summed E-state index contributed by atoms with van der Waals surface area (Å²) < 4.78 is 0. The molecule has 2 fully saturated rings. The molecule has 36 heavy (non-hydrogen) atoms. The minimum absolute atomic E-state index is 0.0168. The summed E-state index contributed by atoms with van der Waals surface area (Å²) in [5, 5.41) is 22.2. The molecule has 0 radical (unpaired) electrons. The van der Waals surface area contributed by atoms with Gasteiger partial charge < -0.3 is 5.11 Å². The SMILES string of the molecule is CCC1=NN(C(C)C2CCCC2)C(=O)/C1=C1\C(=O)C(C2C(=O)N(C(C)C3CCCC3)[NH+]=C2CC)=C1O. The summed E-state index contributed by atoms with van der Waals surface area (Å²) >= 11 is 0. The number of carbonyl (C=O) groups is 3. The van der Waals surface area contributed by atoms with E-state index in [1.807, 2.05) is 20.8 Å². The van der Waals surface area contributed by atoms with Crippen LogP contribution in [0.4, 0.5) is 0 Å². The van der Waals surface area contributed by atoms with Crippen LogP contribution in [0.5, 0.6) is 0 Å². The molecular formula is C28H39N4O4+. The van der Waals surface area contributed by atoms with E-state index < -0.39 is 11.7 Å². The molecule has 8 nitrogen and oxygen atoms in total. The van der Waals surface area contributed by atoms with Crippen molar-refractivity contribution >= 4 is 29.0 Å². The van der Waals surface area contributed by atoms with Crippen LogP contribution in [0, 0.1) is 17.8 Å². The van der Waals surface area contributed by atoms with E-state index in [-0.39, 0.29) is 46.4 Å². The van der Waals surface area contributed by atoms with Crippen molar-refractivity contribution in [3.05, 3.63) is 22.5 Å². The first-order chi connectivity index (χ1) is 17.3. The third-order valence-corrected chi connectivity index (χ3v) is 9.21. The van der Waals surface area contributed by atoms with Gasteiger partial charge in [0, 0.05) is 6.42 Å². The van der Waals surface area contributed by atoms with Gasteiger partial charge in [0.1, 0.15) is 5.76 Å². The van der Waals surface area contributed by atoms with E-state index in [0.29, 0.717) is 30.4 Å².